The quantitative estimate of drug-likeness (QED) is 0.819. The maximum atomic E-state index is 11.9. The number of nitrogens with zero attached hydrogens (tertiary/aromatic N) is 2. The van der Waals surface area contributed by atoms with Crippen molar-refractivity contribution in [1.29, 1.82) is 0 Å². The number of carbonyl (C=O) groups is 1. The molecule has 2 heterocycles. The Balaban J connectivity index is 2.01. The van der Waals surface area contributed by atoms with Crippen LogP contribution in [0.3, 0.4) is 0 Å². The van der Waals surface area contributed by atoms with Crippen LogP contribution in [0.2, 0.25) is 0 Å². The number of piperidine rings is 1. The molecule has 20 heavy (non-hydrogen) atoms. The van der Waals surface area contributed by atoms with Gasteiger partial charge in [0.15, 0.2) is 0 Å². The summed E-state index contributed by atoms with van der Waals surface area (Å²) < 4.78 is 5.48. The largest absolute Gasteiger partial charge is 0.379 e. The summed E-state index contributed by atoms with van der Waals surface area (Å²) in [4.78, 5) is 16.8. The minimum Gasteiger partial charge on any atom is -0.379 e. The average molecular weight is 283 g/mol. The lowest BCUT2D eigenvalue weighted by atomic mass is 9.85. The van der Waals surface area contributed by atoms with Crippen LogP contribution in [-0.4, -0.2) is 74.2 Å². The number of carbonyl (C=O) groups excluding carboxylic acids is 1. The Labute approximate surface area is 122 Å². The first kappa shape index (κ1) is 15.7. The van der Waals surface area contributed by atoms with Crippen LogP contribution in [0.25, 0.3) is 0 Å². The summed E-state index contributed by atoms with van der Waals surface area (Å²) in [5.74, 6) is 0.222. The SMILES string of the molecule is CC(C)C(=O)NCC1(N2CCOCC2)CCN(C)CC1. The Hall–Kier alpha value is -0.650. The van der Waals surface area contributed by atoms with Crippen molar-refractivity contribution in [3.8, 4) is 0 Å². The van der Waals surface area contributed by atoms with Gasteiger partial charge in [0.05, 0.1) is 13.2 Å². The van der Waals surface area contributed by atoms with Crippen molar-refractivity contribution in [1.82, 2.24) is 15.1 Å². The highest BCUT2D eigenvalue weighted by Gasteiger charge is 2.40. The van der Waals surface area contributed by atoms with Gasteiger partial charge in [0.25, 0.3) is 0 Å². The molecule has 2 aliphatic heterocycles. The molecule has 116 valence electrons. The molecule has 0 bridgehead atoms. The number of hydrogen-bond acceptors (Lipinski definition) is 4. The van der Waals surface area contributed by atoms with Crippen molar-refractivity contribution in [2.75, 3.05) is 53.0 Å². The third-order valence-corrected chi connectivity index (χ3v) is 4.72. The molecule has 0 aromatic rings. The third-order valence-electron chi connectivity index (χ3n) is 4.72. The van der Waals surface area contributed by atoms with Gasteiger partial charge in [0, 0.05) is 31.1 Å². The van der Waals surface area contributed by atoms with E-state index in [9.17, 15) is 4.79 Å². The number of rotatable bonds is 4. The van der Waals surface area contributed by atoms with Gasteiger partial charge < -0.3 is 15.0 Å². The van der Waals surface area contributed by atoms with Gasteiger partial charge in [-0.2, -0.15) is 0 Å². The Morgan fingerprint density at radius 1 is 1.20 bits per heavy atom. The van der Waals surface area contributed by atoms with E-state index in [1.165, 1.54) is 0 Å². The molecule has 0 aliphatic carbocycles. The van der Waals surface area contributed by atoms with Gasteiger partial charge in [-0.05, 0) is 33.0 Å². The number of morpholine rings is 1. The normalized spacial score (nSPS) is 24.8. The minimum absolute atomic E-state index is 0.0583. The van der Waals surface area contributed by atoms with Crippen LogP contribution in [0.15, 0.2) is 0 Å². The predicted molar refractivity (Wildman–Crippen MR) is 79.7 cm³/mol. The minimum atomic E-state index is 0.0583. The number of likely N-dealkylation sites (tertiary alicyclic amines) is 1. The summed E-state index contributed by atoms with van der Waals surface area (Å²) in [5, 5.41) is 3.16. The molecule has 2 rings (SSSR count). The first-order chi connectivity index (χ1) is 9.53. The molecule has 0 atom stereocenters. The fourth-order valence-electron chi connectivity index (χ4n) is 3.13. The van der Waals surface area contributed by atoms with E-state index in [1.807, 2.05) is 13.8 Å². The van der Waals surface area contributed by atoms with Gasteiger partial charge in [0.1, 0.15) is 0 Å². The molecule has 2 saturated heterocycles. The van der Waals surface area contributed by atoms with Crippen LogP contribution >= 0.6 is 0 Å². The van der Waals surface area contributed by atoms with Crippen LogP contribution in [-0.2, 0) is 9.53 Å². The summed E-state index contributed by atoms with van der Waals surface area (Å²) in [6, 6.07) is 0. The fourth-order valence-corrected chi connectivity index (χ4v) is 3.13. The maximum Gasteiger partial charge on any atom is 0.222 e. The molecule has 1 N–H and O–H groups in total. The van der Waals surface area contributed by atoms with Crippen LogP contribution in [0, 0.1) is 5.92 Å². The van der Waals surface area contributed by atoms with Gasteiger partial charge in [0.2, 0.25) is 5.91 Å². The van der Waals surface area contributed by atoms with E-state index in [-0.39, 0.29) is 17.4 Å². The molecule has 0 unspecified atom stereocenters. The second kappa shape index (κ2) is 6.87. The van der Waals surface area contributed by atoms with Crippen molar-refractivity contribution >= 4 is 5.91 Å². The van der Waals surface area contributed by atoms with Crippen LogP contribution in [0.5, 0.6) is 0 Å². The number of amides is 1. The average Bonchev–Trinajstić information content (AvgIpc) is 2.47. The van der Waals surface area contributed by atoms with E-state index >= 15 is 0 Å². The lowest BCUT2D eigenvalue weighted by Gasteiger charge is -2.49. The Kier molecular flexibility index (Phi) is 5.41. The monoisotopic (exact) mass is 283 g/mol. The molecule has 2 aliphatic rings. The lowest BCUT2D eigenvalue weighted by Crippen LogP contribution is -2.62. The lowest BCUT2D eigenvalue weighted by molar-refractivity contribution is -0.125. The van der Waals surface area contributed by atoms with E-state index in [4.69, 9.17) is 4.74 Å². The first-order valence-electron chi connectivity index (χ1n) is 7.82. The summed E-state index contributed by atoms with van der Waals surface area (Å²) >= 11 is 0. The highest BCUT2D eigenvalue weighted by molar-refractivity contribution is 5.77. The van der Waals surface area contributed by atoms with E-state index in [1.54, 1.807) is 0 Å². The molecule has 5 nitrogen and oxygen atoms in total. The zero-order chi connectivity index (χ0) is 14.6. The highest BCUT2D eigenvalue weighted by atomic mass is 16.5. The van der Waals surface area contributed by atoms with Crippen molar-refractivity contribution in [2.45, 2.75) is 32.2 Å². The van der Waals surface area contributed by atoms with E-state index < -0.39 is 0 Å². The van der Waals surface area contributed by atoms with Crippen molar-refractivity contribution in [2.24, 2.45) is 5.92 Å². The molecule has 2 fully saturated rings. The van der Waals surface area contributed by atoms with Crippen molar-refractivity contribution in [3.05, 3.63) is 0 Å². The second-order valence-electron chi connectivity index (χ2n) is 6.50. The molecule has 0 aromatic carbocycles. The number of ether oxygens (including phenoxy) is 1. The molecule has 0 radical (unpaired) electrons. The zero-order valence-electron chi connectivity index (χ0n) is 13.2. The van der Waals surface area contributed by atoms with Crippen LogP contribution in [0.1, 0.15) is 26.7 Å². The first-order valence-corrected chi connectivity index (χ1v) is 7.82. The van der Waals surface area contributed by atoms with Gasteiger partial charge in [-0.3, -0.25) is 9.69 Å². The summed E-state index contributed by atoms with van der Waals surface area (Å²) in [7, 11) is 2.18. The topological polar surface area (TPSA) is 44.8 Å². The van der Waals surface area contributed by atoms with Crippen molar-refractivity contribution < 1.29 is 9.53 Å². The van der Waals surface area contributed by atoms with E-state index in [2.05, 4.69) is 22.2 Å². The molecular formula is C15H29N3O2. The summed E-state index contributed by atoms with van der Waals surface area (Å²) in [6.07, 6.45) is 2.25. The maximum absolute atomic E-state index is 11.9. The number of nitrogens with one attached hydrogen (secondary N) is 1. The fraction of sp³-hybridized carbons (Fsp3) is 0.933. The Morgan fingerprint density at radius 2 is 1.80 bits per heavy atom. The van der Waals surface area contributed by atoms with Gasteiger partial charge in [-0.1, -0.05) is 13.8 Å². The van der Waals surface area contributed by atoms with Gasteiger partial charge in [-0.15, -0.1) is 0 Å². The molecular weight excluding hydrogens is 254 g/mol. The highest BCUT2D eigenvalue weighted by Crippen LogP contribution is 2.29. The molecule has 0 spiro atoms. The van der Waals surface area contributed by atoms with Crippen molar-refractivity contribution in [3.63, 3.8) is 0 Å². The Bertz CT molecular complexity index is 319. The molecule has 0 aromatic heterocycles. The second-order valence-corrected chi connectivity index (χ2v) is 6.50. The number of hydrogen-bond donors (Lipinski definition) is 1. The Morgan fingerprint density at radius 3 is 2.35 bits per heavy atom. The standard InChI is InChI=1S/C15H29N3O2/c1-13(2)14(19)16-12-15(4-6-17(3)7-5-15)18-8-10-20-11-9-18/h13H,4-12H2,1-3H3,(H,16,19). The van der Waals surface area contributed by atoms with Gasteiger partial charge in [-0.25, -0.2) is 0 Å². The van der Waals surface area contributed by atoms with Gasteiger partial charge >= 0.3 is 0 Å². The van der Waals surface area contributed by atoms with Crippen LogP contribution in [0.4, 0.5) is 0 Å². The third kappa shape index (κ3) is 3.71. The van der Waals surface area contributed by atoms with E-state index in [0.717, 1.165) is 58.8 Å². The predicted octanol–water partition coefficient (Wildman–Crippen LogP) is 0.555. The summed E-state index contributed by atoms with van der Waals surface area (Å²) in [5.41, 5.74) is 0.126. The van der Waals surface area contributed by atoms with E-state index in [0.29, 0.717) is 0 Å². The summed E-state index contributed by atoms with van der Waals surface area (Å²) in [6.45, 7) is 10.5. The molecule has 1 amide bonds. The van der Waals surface area contributed by atoms with Crippen LogP contribution < -0.4 is 5.32 Å². The molecule has 0 saturated carbocycles. The zero-order valence-corrected chi connectivity index (χ0v) is 13.2. The molecule has 5 heteroatoms. The smallest absolute Gasteiger partial charge is 0.222 e.